The van der Waals surface area contributed by atoms with Gasteiger partial charge in [-0.3, -0.25) is 9.78 Å². The highest BCUT2D eigenvalue weighted by Crippen LogP contribution is 2.22. The van der Waals surface area contributed by atoms with Crippen molar-refractivity contribution in [1.29, 1.82) is 5.26 Å². The second kappa shape index (κ2) is 7.40. The number of nitriles is 1. The van der Waals surface area contributed by atoms with E-state index in [0.29, 0.717) is 16.8 Å². The molecular formula is C20H14N4O2S. The third-order valence-electron chi connectivity index (χ3n) is 4.02. The van der Waals surface area contributed by atoms with Gasteiger partial charge in [0, 0.05) is 29.5 Å². The minimum absolute atomic E-state index is 0.0562. The maximum atomic E-state index is 12.2. The molecular weight excluding hydrogens is 360 g/mol. The molecule has 0 bridgehead atoms. The van der Waals surface area contributed by atoms with Crippen molar-refractivity contribution in [2.45, 2.75) is 13.0 Å². The zero-order chi connectivity index (χ0) is 18.6. The van der Waals surface area contributed by atoms with Gasteiger partial charge in [-0.25, -0.2) is 4.98 Å². The van der Waals surface area contributed by atoms with Crippen LogP contribution >= 0.6 is 11.3 Å². The van der Waals surface area contributed by atoms with E-state index in [-0.39, 0.29) is 19.0 Å². The third kappa shape index (κ3) is 3.57. The Labute approximate surface area is 159 Å². The van der Waals surface area contributed by atoms with E-state index in [1.54, 1.807) is 6.20 Å². The molecule has 0 saturated carbocycles. The first-order chi connectivity index (χ1) is 13.2. The molecule has 0 amide bonds. The summed E-state index contributed by atoms with van der Waals surface area (Å²) in [6, 6.07) is 13.4. The van der Waals surface area contributed by atoms with Crippen molar-refractivity contribution in [2.75, 3.05) is 0 Å². The number of carbonyl (C=O) groups excluding carboxylic acids is 1. The summed E-state index contributed by atoms with van der Waals surface area (Å²) in [7, 11) is 0. The predicted molar refractivity (Wildman–Crippen MR) is 101 cm³/mol. The maximum absolute atomic E-state index is 12.2. The highest BCUT2D eigenvalue weighted by atomic mass is 32.1. The van der Waals surface area contributed by atoms with E-state index in [9.17, 15) is 10.1 Å². The molecule has 0 aliphatic rings. The second-order valence-corrected chi connectivity index (χ2v) is 6.69. The minimum Gasteiger partial charge on any atom is -0.460 e. The number of hydrogen-bond donors (Lipinski definition) is 0. The van der Waals surface area contributed by atoms with Gasteiger partial charge < -0.3 is 9.14 Å². The summed E-state index contributed by atoms with van der Waals surface area (Å²) in [6.45, 7) is 0.0562. The molecule has 6 nitrogen and oxygen atoms in total. The van der Waals surface area contributed by atoms with Gasteiger partial charge in [0.15, 0.2) is 0 Å². The number of carbonyl (C=O) groups is 1. The Balaban J connectivity index is 1.42. The first kappa shape index (κ1) is 16.9. The quantitative estimate of drug-likeness (QED) is 0.499. The van der Waals surface area contributed by atoms with Crippen LogP contribution in [0.4, 0.5) is 0 Å². The predicted octanol–water partition coefficient (Wildman–Crippen LogP) is 3.62. The summed E-state index contributed by atoms with van der Waals surface area (Å²) < 4.78 is 7.21. The first-order valence-electron chi connectivity index (χ1n) is 8.24. The molecule has 27 heavy (non-hydrogen) atoms. The molecule has 4 aromatic heterocycles. The largest absolute Gasteiger partial charge is 0.460 e. The monoisotopic (exact) mass is 374 g/mol. The highest BCUT2D eigenvalue weighted by molar-refractivity contribution is 7.13. The number of hydrogen-bond acceptors (Lipinski definition) is 6. The number of esters is 1. The summed E-state index contributed by atoms with van der Waals surface area (Å²) in [5.74, 6) is -0.382. The van der Waals surface area contributed by atoms with Gasteiger partial charge in [-0.15, -0.1) is 11.3 Å². The summed E-state index contributed by atoms with van der Waals surface area (Å²) in [5, 5.41) is 12.0. The Hall–Kier alpha value is -3.50. The van der Waals surface area contributed by atoms with Crippen LogP contribution in [0.3, 0.4) is 0 Å². The van der Waals surface area contributed by atoms with Crippen molar-refractivity contribution < 1.29 is 9.53 Å². The number of aromatic nitrogens is 3. The fourth-order valence-electron chi connectivity index (χ4n) is 2.77. The molecule has 0 atom stereocenters. The van der Waals surface area contributed by atoms with Crippen molar-refractivity contribution in [3.8, 4) is 16.8 Å². The molecule has 4 rings (SSSR count). The van der Waals surface area contributed by atoms with Gasteiger partial charge in [0.05, 0.1) is 28.9 Å². The van der Waals surface area contributed by atoms with E-state index >= 15 is 0 Å². The van der Waals surface area contributed by atoms with Gasteiger partial charge >= 0.3 is 5.97 Å². The number of nitrogens with zero attached hydrogens (tertiary/aromatic N) is 4. The molecule has 4 heterocycles. The zero-order valence-corrected chi connectivity index (χ0v) is 15.0. The molecule has 0 fully saturated rings. The van der Waals surface area contributed by atoms with Crippen LogP contribution in [-0.2, 0) is 22.6 Å². The van der Waals surface area contributed by atoms with Crippen LogP contribution < -0.4 is 0 Å². The maximum Gasteiger partial charge on any atom is 0.312 e. The van der Waals surface area contributed by atoms with Crippen molar-refractivity contribution in [2.24, 2.45) is 0 Å². The Morgan fingerprint density at radius 2 is 2.15 bits per heavy atom. The van der Waals surface area contributed by atoms with E-state index in [2.05, 4.69) is 16.0 Å². The van der Waals surface area contributed by atoms with E-state index in [4.69, 9.17) is 4.74 Å². The molecule has 7 heteroatoms. The number of fused-ring (bicyclic) bond motifs is 1. The molecule has 4 aromatic rings. The molecule has 0 aliphatic carbocycles. The SMILES string of the molecule is N#Cc1c(COC(=O)Cc2csc(-c3ccccn3)n2)cn2ccccc12. The van der Waals surface area contributed by atoms with Crippen molar-refractivity contribution >= 4 is 22.8 Å². The third-order valence-corrected chi connectivity index (χ3v) is 4.94. The number of ether oxygens (including phenoxy) is 1. The molecule has 0 spiro atoms. The van der Waals surface area contributed by atoms with Crippen molar-refractivity contribution in [1.82, 2.24) is 14.4 Å². The summed E-state index contributed by atoms with van der Waals surface area (Å²) in [5.41, 5.74) is 3.43. The van der Waals surface area contributed by atoms with Crippen LogP contribution in [-0.4, -0.2) is 20.3 Å². The van der Waals surface area contributed by atoms with Crippen LogP contribution in [0.15, 0.2) is 60.4 Å². The van der Waals surface area contributed by atoms with E-state index < -0.39 is 0 Å². The van der Waals surface area contributed by atoms with Crippen LogP contribution in [0.25, 0.3) is 16.2 Å². The molecule has 0 aliphatic heterocycles. The van der Waals surface area contributed by atoms with Crippen LogP contribution in [0.1, 0.15) is 16.8 Å². The van der Waals surface area contributed by atoms with Gasteiger partial charge in [0.1, 0.15) is 17.7 Å². The fourth-order valence-corrected chi connectivity index (χ4v) is 3.56. The van der Waals surface area contributed by atoms with Crippen molar-refractivity contribution in [3.05, 3.63) is 77.2 Å². The second-order valence-electron chi connectivity index (χ2n) is 5.83. The Morgan fingerprint density at radius 3 is 2.96 bits per heavy atom. The lowest BCUT2D eigenvalue weighted by Gasteiger charge is -2.02. The molecule has 0 saturated heterocycles. The lowest BCUT2D eigenvalue weighted by Crippen LogP contribution is -2.08. The fraction of sp³-hybridized carbons (Fsp3) is 0.100. The smallest absolute Gasteiger partial charge is 0.312 e. The van der Waals surface area contributed by atoms with Crippen molar-refractivity contribution in [3.63, 3.8) is 0 Å². The molecule has 132 valence electrons. The lowest BCUT2D eigenvalue weighted by atomic mass is 10.2. The topological polar surface area (TPSA) is 80.3 Å². The summed E-state index contributed by atoms with van der Waals surface area (Å²) in [6.07, 6.45) is 5.46. The Morgan fingerprint density at radius 1 is 1.26 bits per heavy atom. The summed E-state index contributed by atoms with van der Waals surface area (Å²) >= 11 is 1.44. The molecule has 0 N–H and O–H groups in total. The highest BCUT2D eigenvalue weighted by Gasteiger charge is 2.14. The molecule has 0 aromatic carbocycles. The van der Waals surface area contributed by atoms with E-state index in [1.807, 2.05) is 58.6 Å². The average molecular weight is 374 g/mol. The molecule has 0 unspecified atom stereocenters. The average Bonchev–Trinajstić information content (AvgIpc) is 3.31. The van der Waals surface area contributed by atoms with Crippen LogP contribution in [0.5, 0.6) is 0 Å². The van der Waals surface area contributed by atoms with Crippen LogP contribution in [0, 0.1) is 11.3 Å². The van der Waals surface area contributed by atoms with E-state index in [0.717, 1.165) is 16.2 Å². The van der Waals surface area contributed by atoms with Gasteiger partial charge in [0.2, 0.25) is 0 Å². The van der Waals surface area contributed by atoms with E-state index in [1.165, 1.54) is 11.3 Å². The lowest BCUT2D eigenvalue weighted by molar-refractivity contribution is -0.144. The zero-order valence-electron chi connectivity index (χ0n) is 14.2. The summed E-state index contributed by atoms with van der Waals surface area (Å²) in [4.78, 5) is 20.9. The Kier molecular flexibility index (Phi) is 4.64. The number of thiazole rings is 1. The Bertz CT molecular complexity index is 1140. The van der Waals surface area contributed by atoms with Gasteiger partial charge in [-0.05, 0) is 24.3 Å². The first-order valence-corrected chi connectivity index (χ1v) is 9.12. The standard InChI is InChI=1S/C20H14N4O2S/c21-10-16-14(11-24-8-4-2-6-18(16)24)12-26-19(25)9-15-13-27-20(23-15)17-5-1-3-7-22-17/h1-8,11,13H,9,12H2. The van der Waals surface area contributed by atoms with Gasteiger partial charge in [-0.2, -0.15) is 5.26 Å². The van der Waals surface area contributed by atoms with Gasteiger partial charge in [-0.1, -0.05) is 12.1 Å². The molecule has 0 radical (unpaired) electrons. The number of pyridine rings is 2. The van der Waals surface area contributed by atoms with Crippen LogP contribution in [0.2, 0.25) is 0 Å². The number of rotatable bonds is 5. The van der Waals surface area contributed by atoms with Gasteiger partial charge in [0.25, 0.3) is 0 Å². The minimum atomic E-state index is -0.382. The normalized spacial score (nSPS) is 10.6.